The Labute approximate surface area is 97.4 Å². The molecule has 0 fully saturated rings. The fourth-order valence-corrected chi connectivity index (χ4v) is 1.71. The van der Waals surface area contributed by atoms with Crippen molar-refractivity contribution in [2.75, 3.05) is 25.6 Å². The molecule has 0 aliphatic heterocycles. The number of nitrogens with one attached hydrogen (secondary N) is 1. The number of rotatable bonds is 5. The van der Waals surface area contributed by atoms with Crippen molar-refractivity contribution in [3.05, 3.63) is 23.3 Å². The van der Waals surface area contributed by atoms with Crippen LogP contribution in [0.5, 0.6) is 5.75 Å². The minimum Gasteiger partial charge on any atom is -0.496 e. The van der Waals surface area contributed by atoms with Gasteiger partial charge in [0.05, 0.1) is 13.7 Å². The normalized spacial score (nSPS) is 10.6. The number of anilines is 1. The molecule has 0 atom stereocenters. The maximum Gasteiger partial charge on any atom is 0.122 e. The van der Waals surface area contributed by atoms with Gasteiger partial charge in [-0.3, -0.25) is 0 Å². The molecule has 0 saturated heterocycles. The van der Waals surface area contributed by atoms with Crippen molar-refractivity contribution in [2.24, 2.45) is 0 Å². The summed E-state index contributed by atoms with van der Waals surface area (Å²) in [6.45, 7) is 7.03. The zero-order valence-corrected chi connectivity index (χ0v) is 10.5. The first-order valence-electron chi connectivity index (χ1n) is 5.63. The number of benzene rings is 1. The van der Waals surface area contributed by atoms with Gasteiger partial charge in [-0.2, -0.15) is 0 Å². The first-order chi connectivity index (χ1) is 7.60. The highest BCUT2D eigenvalue weighted by Gasteiger charge is 2.10. The Kier molecular flexibility index (Phi) is 4.62. The van der Waals surface area contributed by atoms with Gasteiger partial charge in [0.1, 0.15) is 5.75 Å². The predicted molar refractivity (Wildman–Crippen MR) is 67.4 cm³/mol. The van der Waals surface area contributed by atoms with E-state index in [1.807, 2.05) is 13.0 Å². The summed E-state index contributed by atoms with van der Waals surface area (Å²) >= 11 is 0. The van der Waals surface area contributed by atoms with Crippen LogP contribution >= 0.6 is 0 Å². The van der Waals surface area contributed by atoms with Gasteiger partial charge in [-0.15, -0.1) is 0 Å². The van der Waals surface area contributed by atoms with Crippen LogP contribution in [0.3, 0.4) is 0 Å². The van der Waals surface area contributed by atoms with E-state index in [-0.39, 0.29) is 6.61 Å². The molecule has 3 heteroatoms. The van der Waals surface area contributed by atoms with Gasteiger partial charge in [-0.1, -0.05) is 13.8 Å². The topological polar surface area (TPSA) is 41.5 Å². The van der Waals surface area contributed by atoms with Crippen LogP contribution in [0.2, 0.25) is 0 Å². The number of aliphatic hydroxyl groups excluding tert-OH is 1. The lowest BCUT2D eigenvalue weighted by Gasteiger charge is -2.16. The van der Waals surface area contributed by atoms with E-state index >= 15 is 0 Å². The molecule has 0 amide bonds. The molecule has 0 spiro atoms. The van der Waals surface area contributed by atoms with Gasteiger partial charge < -0.3 is 15.2 Å². The molecular formula is C13H21NO2. The van der Waals surface area contributed by atoms with E-state index in [1.165, 1.54) is 5.56 Å². The van der Waals surface area contributed by atoms with Crippen LogP contribution in [0.4, 0.5) is 5.69 Å². The van der Waals surface area contributed by atoms with Crippen LogP contribution in [-0.2, 0) is 0 Å². The Morgan fingerprint density at radius 1 is 1.38 bits per heavy atom. The molecule has 1 rings (SSSR count). The molecule has 0 radical (unpaired) electrons. The Morgan fingerprint density at radius 3 is 2.56 bits per heavy atom. The fourth-order valence-electron chi connectivity index (χ4n) is 1.71. The van der Waals surface area contributed by atoms with E-state index in [2.05, 4.69) is 25.2 Å². The Balaban J connectivity index is 3.06. The van der Waals surface area contributed by atoms with Crippen LogP contribution < -0.4 is 10.1 Å². The minimum absolute atomic E-state index is 0.141. The molecule has 0 unspecified atom stereocenters. The molecule has 0 aliphatic carbocycles. The van der Waals surface area contributed by atoms with Gasteiger partial charge in [0.2, 0.25) is 0 Å². The third kappa shape index (κ3) is 2.89. The lowest BCUT2D eigenvalue weighted by Crippen LogP contribution is -2.08. The summed E-state index contributed by atoms with van der Waals surface area (Å²) in [5.41, 5.74) is 3.39. The smallest absolute Gasteiger partial charge is 0.122 e. The average Bonchev–Trinajstić information content (AvgIpc) is 2.26. The number of ether oxygens (including phenoxy) is 1. The summed E-state index contributed by atoms with van der Waals surface area (Å²) in [6.07, 6.45) is 0. The third-order valence-electron chi connectivity index (χ3n) is 2.63. The zero-order chi connectivity index (χ0) is 12.1. The van der Waals surface area contributed by atoms with Crippen LogP contribution in [-0.4, -0.2) is 25.4 Å². The van der Waals surface area contributed by atoms with Crippen LogP contribution in [0.25, 0.3) is 0 Å². The molecular weight excluding hydrogens is 202 g/mol. The summed E-state index contributed by atoms with van der Waals surface area (Å²) in [7, 11) is 1.70. The maximum absolute atomic E-state index is 8.81. The number of aliphatic hydroxyl groups is 1. The van der Waals surface area contributed by atoms with E-state index < -0.39 is 0 Å². The average molecular weight is 223 g/mol. The molecule has 2 N–H and O–H groups in total. The van der Waals surface area contributed by atoms with Gasteiger partial charge in [0.15, 0.2) is 0 Å². The van der Waals surface area contributed by atoms with E-state index in [0.29, 0.717) is 12.5 Å². The number of hydrogen-bond acceptors (Lipinski definition) is 3. The molecule has 0 heterocycles. The first-order valence-corrected chi connectivity index (χ1v) is 5.63. The monoisotopic (exact) mass is 223 g/mol. The van der Waals surface area contributed by atoms with Crippen molar-refractivity contribution in [1.82, 2.24) is 0 Å². The van der Waals surface area contributed by atoms with E-state index in [0.717, 1.165) is 17.0 Å². The molecule has 0 saturated carbocycles. The maximum atomic E-state index is 8.81. The highest BCUT2D eigenvalue weighted by Crippen LogP contribution is 2.31. The Morgan fingerprint density at radius 2 is 2.06 bits per heavy atom. The second kappa shape index (κ2) is 5.75. The van der Waals surface area contributed by atoms with Crippen molar-refractivity contribution in [2.45, 2.75) is 26.7 Å². The molecule has 16 heavy (non-hydrogen) atoms. The number of aryl methyl sites for hydroxylation is 1. The van der Waals surface area contributed by atoms with Gasteiger partial charge in [-0.25, -0.2) is 0 Å². The van der Waals surface area contributed by atoms with Crippen molar-refractivity contribution < 1.29 is 9.84 Å². The largest absolute Gasteiger partial charge is 0.496 e. The molecule has 90 valence electrons. The Bertz CT molecular complexity index is 348. The van der Waals surface area contributed by atoms with Crippen molar-refractivity contribution in [3.8, 4) is 5.75 Å². The second-order valence-corrected chi connectivity index (χ2v) is 4.21. The van der Waals surface area contributed by atoms with Crippen molar-refractivity contribution in [3.63, 3.8) is 0 Å². The third-order valence-corrected chi connectivity index (χ3v) is 2.63. The van der Waals surface area contributed by atoms with E-state index in [9.17, 15) is 0 Å². The highest BCUT2D eigenvalue weighted by atomic mass is 16.5. The summed E-state index contributed by atoms with van der Waals surface area (Å²) in [5, 5.41) is 12.0. The first kappa shape index (κ1) is 12.8. The summed E-state index contributed by atoms with van der Waals surface area (Å²) in [6, 6.07) is 4.14. The predicted octanol–water partition coefficient (Wildman–Crippen LogP) is 2.53. The quantitative estimate of drug-likeness (QED) is 0.806. The van der Waals surface area contributed by atoms with Gasteiger partial charge >= 0.3 is 0 Å². The minimum atomic E-state index is 0.141. The Hall–Kier alpha value is -1.22. The molecule has 3 nitrogen and oxygen atoms in total. The molecule has 0 aliphatic rings. The molecule has 0 aromatic heterocycles. The number of hydrogen-bond donors (Lipinski definition) is 2. The van der Waals surface area contributed by atoms with Gasteiger partial charge in [-0.05, 0) is 36.1 Å². The lowest BCUT2D eigenvalue weighted by molar-refractivity contribution is 0.311. The number of methoxy groups -OCH3 is 1. The van der Waals surface area contributed by atoms with Crippen LogP contribution in [0, 0.1) is 6.92 Å². The summed E-state index contributed by atoms with van der Waals surface area (Å²) in [5.74, 6) is 1.35. The molecule has 1 aromatic carbocycles. The van der Waals surface area contributed by atoms with Crippen molar-refractivity contribution >= 4 is 5.69 Å². The molecule has 1 aromatic rings. The zero-order valence-electron chi connectivity index (χ0n) is 10.5. The summed E-state index contributed by atoms with van der Waals surface area (Å²) < 4.78 is 5.37. The van der Waals surface area contributed by atoms with Crippen molar-refractivity contribution in [1.29, 1.82) is 0 Å². The SMILES string of the molecule is COc1cc(C)c(NCCO)cc1C(C)C. The highest BCUT2D eigenvalue weighted by molar-refractivity contribution is 5.58. The lowest BCUT2D eigenvalue weighted by atomic mass is 9.99. The molecule has 0 bridgehead atoms. The van der Waals surface area contributed by atoms with Gasteiger partial charge in [0, 0.05) is 12.2 Å². The summed E-state index contributed by atoms with van der Waals surface area (Å²) in [4.78, 5) is 0. The van der Waals surface area contributed by atoms with Crippen LogP contribution in [0.15, 0.2) is 12.1 Å². The fraction of sp³-hybridized carbons (Fsp3) is 0.538. The standard InChI is InChI=1S/C13H21NO2/c1-9(2)11-8-12(14-5-6-15)10(3)7-13(11)16-4/h7-9,14-15H,5-6H2,1-4H3. The van der Waals surface area contributed by atoms with Gasteiger partial charge in [0.25, 0.3) is 0 Å². The van der Waals surface area contributed by atoms with Crippen LogP contribution in [0.1, 0.15) is 30.9 Å². The van der Waals surface area contributed by atoms with E-state index in [1.54, 1.807) is 7.11 Å². The second-order valence-electron chi connectivity index (χ2n) is 4.21. The van der Waals surface area contributed by atoms with E-state index in [4.69, 9.17) is 9.84 Å².